The highest BCUT2D eigenvalue weighted by Crippen LogP contribution is 2.15. The third kappa shape index (κ3) is 16.9. The number of hydrogen-bond donors (Lipinski definition) is 4. The molecule has 0 radical (unpaired) electrons. The highest BCUT2D eigenvalue weighted by atomic mass is 16.6. The number of carbonyl (C=O) groups is 4. The SMILES string of the molecule is O=C(O)CCCCCCCCC(=O)O/C(C(=O)OCCCCO)=C(\OCCOCCO)C(=O)O. The van der Waals surface area contributed by atoms with Crippen LogP contribution in [0.5, 0.6) is 0 Å². The van der Waals surface area contributed by atoms with Crippen molar-refractivity contribution < 1.29 is 58.6 Å². The van der Waals surface area contributed by atoms with E-state index >= 15 is 0 Å². The van der Waals surface area contributed by atoms with E-state index in [4.69, 9.17) is 34.3 Å². The number of carboxylic acid groups (broad SMARTS) is 2. The van der Waals surface area contributed by atoms with Crippen molar-refractivity contribution in [2.45, 2.75) is 64.2 Å². The van der Waals surface area contributed by atoms with E-state index < -0.39 is 35.4 Å². The summed E-state index contributed by atoms with van der Waals surface area (Å²) in [4.78, 5) is 46.7. The van der Waals surface area contributed by atoms with Crippen LogP contribution in [-0.2, 0) is 38.1 Å². The molecule has 0 unspecified atom stereocenters. The number of unbranched alkanes of at least 4 members (excludes halogenated alkanes) is 6. The van der Waals surface area contributed by atoms with E-state index in [2.05, 4.69) is 0 Å². The zero-order valence-electron chi connectivity index (χ0n) is 19.4. The van der Waals surface area contributed by atoms with Crippen molar-refractivity contribution in [1.29, 1.82) is 0 Å². The highest BCUT2D eigenvalue weighted by molar-refractivity contribution is 5.98. The third-order valence-corrected chi connectivity index (χ3v) is 4.32. The molecule has 0 saturated carbocycles. The highest BCUT2D eigenvalue weighted by Gasteiger charge is 2.28. The van der Waals surface area contributed by atoms with E-state index in [0.717, 1.165) is 19.3 Å². The third-order valence-electron chi connectivity index (χ3n) is 4.32. The molecule has 0 fully saturated rings. The molecule has 0 bridgehead atoms. The van der Waals surface area contributed by atoms with Gasteiger partial charge in [-0.15, -0.1) is 0 Å². The predicted molar refractivity (Wildman–Crippen MR) is 116 cm³/mol. The minimum absolute atomic E-state index is 0.0176. The maximum Gasteiger partial charge on any atom is 0.378 e. The van der Waals surface area contributed by atoms with Crippen LogP contribution >= 0.6 is 0 Å². The zero-order valence-corrected chi connectivity index (χ0v) is 19.4. The average Bonchev–Trinajstić information content (AvgIpc) is 2.79. The lowest BCUT2D eigenvalue weighted by Gasteiger charge is -2.13. The molecule has 0 aromatic heterocycles. The Labute approximate surface area is 198 Å². The molecule has 4 N–H and O–H groups in total. The summed E-state index contributed by atoms with van der Waals surface area (Å²) in [7, 11) is 0. The summed E-state index contributed by atoms with van der Waals surface area (Å²) >= 11 is 0. The summed E-state index contributed by atoms with van der Waals surface area (Å²) < 4.78 is 20.0. The Morgan fingerprint density at radius 1 is 0.588 bits per heavy atom. The van der Waals surface area contributed by atoms with Crippen LogP contribution in [0, 0.1) is 0 Å². The number of carboxylic acids is 2. The molecular weight excluding hydrogens is 456 g/mol. The number of aliphatic hydroxyl groups is 2. The van der Waals surface area contributed by atoms with Gasteiger partial charge in [-0.05, 0) is 25.7 Å². The lowest BCUT2D eigenvalue weighted by molar-refractivity contribution is -0.154. The fourth-order valence-electron chi connectivity index (χ4n) is 2.64. The Bertz CT molecular complexity index is 644. The minimum atomic E-state index is -1.64. The van der Waals surface area contributed by atoms with Crippen LogP contribution in [0.1, 0.15) is 64.2 Å². The number of hydrogen-bond acceptors (Lipinski definition) is 10. The molecule has 0 aliphatic heterocycles. The molecule has 0 spiro atoms. The topological polar surface area (TPSA) is 186 Å². The van der Waals surface area contributed by atoms with Crippen LogP contribution in [0.4, 0.5) is 0 Å². The number of ether oxygens (including phenoxy) is 4. The molecule has 0 aliphatic carbocycles. The molecule has 0 aliphatic rings. The van der Waals surface area contributed by atoms with Crippen LogP contribution in [-0.4, -0.2) is 83.9 Å². The minimum Gasteiger partial charge on any atom is -0.481 e. The first-order chi connectivity index (χ1) is 16.3. The quantitative estimate of drug-likeness (QED) is 0.0737. The lowest BCUT2D eigenvalue weighted by Crippen LogP contribution is -2.22. The first kappa shape index (κ1) is 31.3. The van der Waals surface area contributed by atoms with Gasteiger partial charge in [-0.2, -0.15) is 0 Å². The smallest absolute Gasteiger partial charge is 0.378 e. The van der Waals surface area contributed by atoms with Gasteiger partial charge in [0.2, 0.25) is 0 Å². The molecule has 12 heteroatoms. The van der Waals surface area contributed by atoms with Crippen molar-refractivity contribution in [3.63, 3.8) is 0 Å². The molecule has 0 rings (SSSR count). The van der Waals surface area contributed by atoms with E-state index in [9.17, 15) is 24.3 Å². The number of rotatable bonds is 22. The monoisotopic (exact) mass is 492 g/mol. The predicted octanol–water partition coefficient (Wildman–Crippen LogP) is 1.37. The summed E-state index contributed by atoms with van der Waals surface area (Å²) in [6.45, 7) is -0.781. The molecule has 0 atom stereocenters. The fourth-order valence-corrected chi connectivity index (χ4v) is 2.64. The van der Waals surface area contributed by atoms with E-state index in [0.29, 0.717) is 32.1 Å². The van der Waals surface area contributed by atoms with Crippen molar-refractivity contribution in [3.8, 4) is 0 Å². The summed E-state index contributed by atoms with van der Waals surface area (Å²) in [5.74, 6) is -6.26. The Balaban J connectivity index is 4.87. The zero-order chi connectivity index (χ0) is 25.6. The van der Waals surface area contributed by atoms with Crippen LogP contribution in [0.25, 0.3) is 0 Å². The van der Waals surface area contributed by atoms with Crippen molar-refractivity contribution in [2.75, 3.05) is 39.6 Å². The number of aliphatic hydroxyl groups excluding tert-OH is 2. The second kappa shape index (κ2) is 20.9. The fraction of sp³-hybridized carbons (Fsp3) is 0.727. The largest absolute Gasteiger partial charge is 0.481 e. The number of aliphatic carboxylic acids is 2. The first-order valence-electron chi connectivity index (χ1n) is 11.3. The van der Waals surface area contributed by atoms with Gasteiger partial charge < -0.3 is 39.4 Å². The van der Waals surface area contributed by atoms with Crippen LogP contribution in [0.3, 0.4) is 0 Å². The summed E-state index contributed by atoms with van der Waals surface area (Å²) in [6.07, 6.45) is 4.85. The van der Waals surface area contributed by atoms with Crippen molar-refractivity contribution in [1.82, 2.24) is 0 Å². The van der Waals surface area contributed by atoms with E-state index in [1.807, 2.05) is 0 Å². The second-order valence-electron chi connectivity index (χ2n) is 7.20. The molecule has 0 saturated heterocycles. The van der Waals surface area contributed by atoms with Gasteiger partial charge in [0.1, 0.15) is 6.61 Å². The summed E-state index contributed by atoms with van der Waals surface area (Å²) in [6, 6.07) is 0. The maximum absolute atomic E-state index is 12.4. The van der Waals surface area contributed by atoms with Crippen LogP contribution < -0.4 is 0 Å². The Morgan fingerprint density at radius 2 is 1.24 bits per heavy atom. The van der Waals surface area contributed by atoms with Gasteiger partial charge in [0.15, 0.2) is 0 Å². The molecule has 0 aromatic carbocycles. The Morgan fingerprint density at radius 3 is 1.82 bits per heavy atom. The van der Waals surface area contributed by atoms with Crippen LogP contribution in [0.15, 0.2) is 11.5 Å². The Hall–Kier alpha value is -2.70. The molecular formula is C22H36O12. The van der Waals surface area contributed by atoms with Gasteiger partial charge in [0.25, 0.3) is 11.5 Å². The van der Waals surface area contributed by atoms with Gasteiger partial charge in [-0.1, -0.05) is 25.7 Å². The summed E-state index contributed by atoms with van der Waals surface area (Å²) in [5, 5.41) is 35.5. The molecule has 34 heavy (non-hydrogen) atoms. The molecule has 0 aromatic rings. The first-order valence-corrected chi connectivity index (χ1v) is 11.3. The normalized spacial score (nSPS) is 11.5. The van der Waals surface area contributed by atoms with E-state index in [1.165, 1.54) is 0 Å². The van der Waals surface area contributed by atoms with Gasteiger partial charge in [-0.25, -0.2) is 9.59 Å². The Kier molecular flexibility index (Phi) is 19.2. The lowest BCUT2D eigenvalue weighted by atomic mass is 10.1. The average molecular weight is 493 g/mol. The van der Waals surface area contributed by atoms with Gasteiger partial charge in [0, 0.05) is 19.4 Å². The van der Waals surface area contributed by atoms with Gasteiger partial charge >= 0.3 is 23.9 Å². The van der Waals surface area contributed by atoms with Crippen molar-refractivity contribution >= 4 is 23.9 Å². The van der Waals surface area contributed by atoms with E-state index in [-0.39, 0.29) is 52.5 Å². The maximum atomic E-state index is 12.4. The number of esters is 2. The van der Waals surface area contributed by atoms with Gasteiger partial charge in [0.05, 0.1) is 26.4 Å². The van der Waals surface area contributed by atoms with Crippen molar-refractivity contribution in [3.05, 3.63) is 11.5 Å². The second-order valence-corrected chi connectivity index (χ2v) is 7.20. The standard InChI is InChI=1S/C22H36O12/c23-11-7-8-13-33-22(30)20(19(21(28)29)32-16-15-31-14-12-24)34-18(27)10-6-4-2-1-3-5-9-17(25)26/h23-24H,1-16H2,(H,25,26)(H,28,29)/b20-19-. The molecule has 12 nitrogen and oxygen atoms in total. The molecule has 196 valence electrons. The molecule has 0 amide bonds. The van der Waals surface area contributed by atoms with Gasteiger partial charge in [-0.3, -0.25) is 9.59 Å². The summed E-state index contributed by atoms with van der Waals surface area (Å²) in [5.41, 5.74) is 0. The number of carbonyl (C=O) groups excluding carboxylic acids is 2. The molecule has 0 heterocycles. The van der Waals surface area contributed by atoms with Crippen LogP contribution in [0.2, 0.25) is 0 Å². The van der Waals surface area contributed by atoms with E-state index in [1.54, 1.807) is 0 Å². The van der Waals surface area contributed by atoms with Crippen molar-refractivity contribution in [2.24, 2.45) is 0 Å².